The Hall–Kier alpha value is -5.35. The fourth-order valence-corrected chi connectivity index (χ4v) is 3.46. The molecule has 0 aliphatic rings. The van der Waals surface area contributed by atoms with Crippen molar-refractivity contribution in [1.29, 1.82) is 5.26 Å². The first-order chi connectivity index (χ1) is 19.0. The highest BCUT2D eigenvalue weighted by molar-refractivity contribution is 6.01. The van der Waals surface area contributed by atoms with Gasteiger partial charge in [-0.05, 0) is 72.2 Å². The van der Waals surface area contributed by atoms with E-state index in [1.165, 1.54) is 24.0 Å². The highest BCUT2D eigenvalue weighted by Gasteiger charge is 2.10. The molecule has 0 spiro atoms. The number of hydrogen-bond donors (Lipinski definition) is 1. The van der Waals surface area contributed by atoms with Gasteiger partial charge in [0.05, 0.1) is 12.8 Å². The third-order valence-corrected chi connectivity index (χ3v) is 5.60. The Labute approximate surface area is 226 Å². The van der Waals surface area contributed by atoms with Crippen LogP contribution in [-0.4, -0.2) is 11.9 Å². The molecule has 7 nitrogen and oxygen atoms in total. The van der Waals surface area contributed by atoms with E-state index in [1.54, 1.807) is 42.5 Å². The number of furan rings is 1. The molecule has 39 heavy (non-hydrogen) atoms. The largest absolute Gasteiger partial charge is 0.489 e. The van der Waals surface area contributed by atoms with Crippen LogP contribution in [0.3, 0.4) is 0 Å². The zero-order chi connectivity index (χ0) is 27.5. The summed E-state index contributed by atoms with van der Waals surface area (Å²) in [7, 11) is 0. The number of amides is 1. The van der Waals surface area contributed by atoms with E-state index in [4.69, 9.17) is 13.9 Å². The van der Waals surface area contributed by atoms with Gasteiger partial charge in [0, 0.05) is 6.08 Å². The van der Waals surface area contributed by atoms with Crippen LogP contribution in [-0.2, 0) is 22.7 Å². The fourth-order valence-electron chi connectivity index (χ4n) is 3.46. The van der Waals surface area contributed by atoms with Crippen LogP contribution in [0.25, 0.3) is 12.2 Å². The molecular weight excluding hydrogens is 492 g/mol. The number of nitrogens with zero attached hydrogens (tertiary/aromatic N) is 1. The molecule has 1 amide bonds. The zero-order valence-corrected chi connectivity index (χ0v) is 21.3. The monoisotopic (exact) mass is 518 g/mol. The summed E-state index contributed by atoms with van der Waals surface area (Å²) in [4.78, 5) is 24.5. The number of ether oxygens (including phenoxy) is 2. The third-order valence-electron chi connectivity index (χ3n) is 5.60. The smallest absolute Gasteiger partial charge is 0.336 e. The average Bonchev–Trinajstić information content (AvgIpc) is 3.48. The Balaban J connectivity index is 1.26. The molecule has 0 unspecified atom stereocenters. The van der Waals surface area contributed by atoms with E-state index < -0.39 is 11.9 Å². The van der Waals surface area contributed by atoms with Crippen molar-refractivity contribution in [3.8, 4) is 17.6 Å². The fraction of sp³-hybridized carbons (Fsp3) is 0.0938. The molecule has 0 aliphatic heterocycles. The van der Waals surface area contributed by atoms with Gasteiger partial charge in [-0.2, -0.15) is 5.26 Å². The van der Waals surface area contributed by atoms with Gasteiger partial charge in [-0.1, -0.05) is 54.1 Å². The molecule has 0 bridgehead atoms. The topological polar surface area (TPSA) is 102 Å². The average molecular weight is 519 g/mol. The van der Waals surface area contributed by atoms with E-state index in [0.717, 1.165) is 16.9 Å². The van der Waals surface area contributed by atoms with E-state index in [0.29, 0.717) is 23.7 Å². The molecule has 7 heteroatoms. The number of hydrogen-bond acceptors (Lipinski definition) is 6. The molecule has 0 aliphatic carbocycles. The zero-order valence-electron chi connectivity index (χ0n) is 21.3. The Morgan fingerprint density at radius 1 is 0.923 bits per heavy atom. The number of aryl methyl sites for hydroxylation is 1. The van der Waals surface area contributed by atoms with E-state index >= 15 is 0 Å². The first-order valence-corrected chi connectivity index (χ1v) is 12.2. The lowest BCUT2D eigenvalue weighted by molar-refractivity contribution is -0.128. The van der Waals surface area contributed by atoms with Gasteiger partial charge in [0.1, 0.15) is 35.5 Å². The van der Waals surface area contributed by atoms with Crippen LogP contribution in [0.4, 0.5) is 0 Å². The number of carbonyl (C=O) groups excluding carboxylic acids is 2. The van der Waals surface area contributed by atoms with Crippen molar-refractivity contribution >= 4 is 24.0 Å². The molecule has 1 aromatic heterocycles. The number of esters is 1. The molecule has 4 rings (SSSR count). The molecule has 1 N–H and O–H groups in total. The maximum Gasteiger partial charge on any atom is 0.336 e. The van der Waals surface area contributed by atoms with Crippen molar-refractivity contribution in [1.82, 2.24) is 5.32 Å². The van der Waals surface area contributed by atoms with Crippen molar-refractivity contribution in [2.24, 2.45) is 0 Å². The van der Waals surface area contributed by atoms with Crippen molar-refractivity contribution in [3.05, 3.63) is 131 Å². The van der Waals surface area contributed by atoms with Crippen molar-refractivity contribution in [3.63, 3.8) is 0 Å². The second-order valence-electron chi connectivity index (χ2n) is 8.60. The molecular formula is C32H26N2O5. The summed E-state index contributed by atoms with van der Waals surface area (Å²) in [5.74, 6) is 0.607. The van der Waals surface area contributed by atoms with Crippen LogP contribution in [0.15, 0.2) is 107 Å². The van der Waals surface area contributed by atoms with Gasteiger partial charge < -0.3 is 19.2 Å². The second kappa shape index (κ2) is 13.3. The molecule has 1 heterocycles. The molecule has 0 saturated carbocycles. The molecule has 0 atom stereocenters. The van der Waals surface area contributed by atoms with Crippen LogP contribution in [0.2, 0.25) is 0 Å². The summed E-state index contributed by atoms with van der Waals surface area (Å²) in [6, 6.07) is 27.4. The number of nitriles is 1. The van der Waals surface area contributed by atoms with Crippen LogP contribution >= 0.6 is 0 Å². The minimum atomic E-state index is -0.534. The minimum absolute atomic E-state index is 0.0548. The first-order valence-electron chi connectivity index (χ1n) is 12.2. The Morgan fingerprint density at radius 3 is 2.28 bits per heavy atom. The SMILES string of the molecule is Cc1ccc(COc2ccc(/C=C/C(=O)Oc3ccc(/C=C(\C#N)C(=O)NCc4ccco4)cc3)cc2)cc1. The summed E-state index contributed by atoms with van der Waals surface area (Å²) in [6.45, 7) is 2.70. The standard InChI is InChI=1S/C32H26N2O5/c1-23-4-6-26(7-5-23)22-38-28-13-8-24(9-14-28)12-17-31(35)39-29-15-10-25(11-16-29)19-27(20-33)32(36)34-21-30-3-2-18-37-30/h2-19H,21-22H2,1H3,(H,34,36)/b17-12+,27-19+. The lowest BCUT2D eigenvalue weighted by Gasteiger charge is -2.07. The Morgan fingerprint density at radius 2 is 1.62 bits per heavy atom. The first kappa shape index (κ1) is 26.7. The molecule has 4 aromatic rings. The van der Waals surface area contributed by atoms with Crippen molar-refractivity contribution in [2.75, 3.05) is 0 Å². The van der Waals surface area contributed by atoms with Crippen molar-refractivity contribution in [2.45, 2.75) is 20.1 Å². The maximum atomic E-state index is 12.3. The number of carbonyl (C=O) groups is 2. The van der Waals surface area contributed by atoms with Crippen LogP contribution in [0.5, 0.6) is 11.5 Å². The molecule has 0 saturated heterocycles. The summed E-state index contributed by atoms with van der Waals surface area (Å²) in [5, 5.41) is 12.0. The van der Waals surface area contributed by atoms with E-state index in [2.05, 4.69) is 5.32 Å². The molecule has 0 fully saturated rings. The minimum Gasteiger partial charge on any atom is -0.489 e. The Bertz CT molecular complexity index is 1490. The van der Waals surface area contributed by atoms with Gasteiger partial charge in [0.2, 0.25) is 0 Å². The number of benzene rings is 3. The summed E-state index contributed by atoms with van der Waals surface area (Å²) in [5.41, 5.74) is 3.68. The predicted molar refractivity (Wildman–Crippen MR) is 147 cm³/mol. The summed E-state index contributed by atoms with van der Waals surface area (Å²) >= 11 is 0. The van der Waals surface area contributed by atoms with Crippen molar-refractivity contribution < 1.29 is 23.5 Å². The maximum absolute atomic E-state index is 12.3. The van der Waals surface area contributed by atoms with Gasteiger partial charge in [-0.3, -0.25) is 4.79 Å². The second-order valence-corrected chi connectivity index (χ2v) is 8.60. The van der Waals surface area contributed by atoms with Gasteiger partial charge in [0.25, 0.3) is 5.91 Å². The molecule has 0 radical (unpaired) electrons. The van der Waals surface area contributed by atoms with E-state index in [-0.39, 0.29) is 12.1 Å². The normalized spacial score (nSPS) is 11.1. The van der Waals surface area contributed by atoms with Gasteiger partial charge in [-0.15, -0.1) is 0 Å². The lowest BCUT2D eigenvalue weighted by atomic mass is 10.1. The van der Waals surface area contributed by atoms with Gasteiger partial charge in [0.15, 0.2) is 0 Å². The highest BCUT2D eigenvalue weighted by atomic mass is 16.5. The van der Waals surface area contributed by atoms with E-state index in [9.17, 15) is 14.9 Å². The van der Waals surface area contributed by atoms with Crippen LogP contribution < -0.4 is 14.8 Å². The molecule has 3 aromatic carbocycles. The Kier molecular flexibility index (Phi) is 9.09. The van der Waals surface area contributed by atoms with Crippen LogP contribution in [0.1, 0.15) is 28.0 Å². The third kappa shape index (κ3) is 8.34. The summed E-state index contributed by atoms with van der Waals surface area (Å²) in [6.07, 6.45) is 5.96. The lowest BCUT2D eigenvalue weighted by Crippen LogP contribution is -2.23. The van der Waals surface area contributed by atoms with Gasteiger partial charge in [-0.25, -0.2) is 4.79 Å². The number of nitrogens with one attached hydrogen (secondary N) is 1. The predicted octanol–water partition coefficient (Wildman–Crippen LogP) is 6.01. The highest BCUT2D eigenvalue weighted by Crippen LogP contribution is 2.17. The van der Waals surface area contributed by atoms with Gasteiger partial charge >= 0.3 is 5.97 Å². The summed E-state index contributed by atoms with van der Waals surface area (Å²) < 4.78 is 16.3. The quantitative estimate of drug-likeness (QED) is 0.119. The molecule has 194 valence electrons. The van der Waals surface area contributed by atoms with Crippen LogP contribution in [0, 0.1) is 18.3 Å². The number of rotatable bonds is 10. The van der Waals surface area contributed by atoms with E-state index in [1.807, 2.05) is 61.5 Å².